The van der Waals surface area contributed by atoms with E-state index >= 15 is 0 Å². The predicted molar refractivity (Wildman–Crippen MR) is 89.9 cm³/mol. The number of carbonyl (C=O) groups is 1. The van der Waals surface area contributed by atoms with Crippen molar-refractivity contribution in [2.45, 2.75) is 20.8 Å². The van der Waals surface area contributed by atoms with Crippen molar-refractivity contribution in [2.24, 2.45) is 5.10 Å². The zero-order valence-electron chi connectivity index (χ0n) is 13.5. The lowest BCUT2D eigenvalue weighted by Gasteiger charge is -2.11. The molecule has 0 aromatic heterocycles. The normalized spacial score (nSPS) is 11.2. The average molecular weight is 312 g/mol. The van der Waals surface area contributed by atoms with Gasteiger partial charge in [-0.25, -0.2) is 5.43 Å². The molecule has 0 aliphatic rings. The molecule has 0 spiro atoms. The summed E-state index contributed by atoms with van der Waals surface area (Å²) in [5, 5.41) is 13.7. The van der Waals surface area contributed by atoms with Gasteiger partial charge in [0.2, 0.25) is 0 Å². The molecule has 2 N–H and O–H groups in total. The van der Waals surface area contributed by atoms with Crippen LogP contribution in [0, 0.1) is 13.8 Å². The molecule has 1 amide bonds. The summed E-state index contributed by atoms with van der Waals surface area (Å²) in [5.41, 5.74) is 5.48. The Morgan fingerprint density at radius 2 is 1.78 bits per heavy atom. The molecule has 0 atom stereocenters. The number of amides is 1. The summed E-state index contributed by atoms with van der Waals surface area (Å²) in [6.07, 6.45) is 0. The van der Waals surface area contributed by atoms with Gasteiger partial charge in [-0.15, -0.1) is 0 Å². The minimum atomic E-state index is -0.359. The smallest absolute Gasteiger partial charge is 0.277 e. The maximum absolute atomic E-state index is 11.9. The summed E-state index contributed by atoms with van der Waals surface area (Å²) >= 11 is 0. The molecule has 23 heavy (non-hydrogen) atoms. The Bertz CT molecular complexity index is 719. The zero-order chi connectivity index (χ0) is 16.8. The quantitative estimate of drug-likeness (QED) is 0.659. The van der Waals surface area contributed by atoms with E-state index in [0.29, 0.717) is 17.0 Å². The number of benzene rings is 2. The monoisotopic (exact) mass is 312 g/mol. The highest BCUT2D eigenvalue weighted by atomic mass is 16.5. The Hall–Kier alpha value is -2.82. The molecule has 2 aromatic carbocycles. The molecule has 120 valence electrons. The number of nitrogens with one attached hydrogen (secondary N) is 1. The van der Waals surface area contributed by atoms with Crippen LogP contribution in [0.1, 0.15) is 23.6 Å². The van der Waals surface area contributed by atoms with Gasteiger partial charge in [0.05, 0.1) is 5.71 Å². The van der Waals surface area contributed by atoms with Crippen LogP contribution in [-0.4, -0.2) is 23.3 Å². The number of aromatic hydroxyl groups is 1. The number of aryl methyl sites for hydroxylation is 2. The molecule has 2 rings (SSSR count). The third kappa shape index (κ3) is 4.32. The van der Waals surface area contributed by atoms with Gasteiger partial charge in [0, 0.05) is 5.56 Å². The number of ether oxygens (including phenoxy) is 1. The molecular weight excluding hydrogens is 292 g/mol. The van der Waals surface area contributed by atoms with E-state index in [-0.39, 0.29) is 18.3 Å². The van der Waals surface area contributed by atoms with Crippen LogP contribution in [0.2, 0.25) is 0 Å². The minimum Gasteiger partial charge on any atom is -0.507 e. The first-order valence-corrected chi connectivity index (χ1v) is 7.29. The maximum atomic E-state index is 11.9. The number of hydrogen-bond acceptors (Lipinski definition) is 4. The van der Waals surface area contributed by atoms with Gasteiger partial charge in [-0.1, -0.05) is 30.3 Å². The lowest BCUT2D eigenvalue weighted by Crippen LogP contribution is -2.26. The van der Waals surface area contributed by atoms with Crippen LogP contribution in [0.25, 0.3) is 0 Å². The van der Waals surface area contributed by atoms with Crippen LogP contribution in [0.5, 0.6) is 11.5 Å². The van der Waals surface area contributed by atoms with Crippen molar-refractivity contribution in [1.82, 2.24) is 5.43 Å². The van der Waals surface area contributed by atoms with Crippen molar-refractivity contribution in [1.29, 1.82) is 0 Å². The number of para-hydroxylation sites is 2. The van der Waals surface area contributed by atoms with Gasteiger partial charge in [-0.2, -0.15) is 5.10 Å². The summed E-state index contributed by atoms with van der Waals surface area (Å²) < 4.78 is 5.56. The van der Waals surface area contributed by atoms with E-state index in [1.165, 1.54) is 0 Å². The lowest BCUT2D eigenvalue weighted by molar-refractivity contribution is -0.123. The number of carbonyl (C=O) groups excluding carboxylic acids is 1. The Morgan fingerprint density at radius 1 is 1.13 bits per heavy atom. The maximum Gasteiger partial charge on any atom is 0.277 e. The molecule has 5 nitrogen and oxygen atoms in total. The molecule has 0 heterocycles. The number of phenolic OH excluding ortho intramolecular Hbond substituents is 1. The highest BCUT2D eigenvalue weighted by Crippen LogP contribution is 2.22. The summed E-state index contributed by atoms with van der Waals surface area (Å²) in [6.45, 7) is 5.45. The van der Waals surface area contributed by atoms with E-state index in [2.05, 4.69) is 10.5 Å². The van der Waals surface area contributed by atoms with E-state index in [9.17, 15) is 9.90 Å². The summed E-state index contributed by atoms with van der Waals surface area (Å²) in [4.78, 5) is 11.9. The Morgan fingerprint density at radius 3 is 2.43 bits per heavy atom. The summed E-state index contributed by atoms with van der Waals surface area (Å²) in [6, 6.07) is 12.6. The second-order valence-corrected chi connectivity index (χ2v) is 5.26. The molecule has 0 saturated carbocycles. The van der Waals surface area contributed by atoms with Crippen molar-refractivity contribution in [2.75, 3.05) is 6.61 Å². The van der Waals surface area contributed by atoms with Crippen molar-refractivity contribution >= 4 is 11.6 Å². The van der Waals surface area contributed by atoms with Crippen molar-refractivity contribution in [3.63, 3.8) is 0 Å². The molecule has 0 bridgehead atoms. The lowest BCUT2D eigenvalue weighted by atomic mass is 10.1. The minimum absolute atomic E-state index is 0.120. The van der Waals surface area contributed by atoms with E-state index < -0.39 is 0 Å². The number of hydrogen-bond donors (Lipinski definition) is 2. The van der Waals surface area contributed by atoms with Crippen LogP contribution in [0.15, 0.2) is 47.6 Å². The van der Waals surface area contributed by atoms with Gasteiger partial charge in [0.15, 0.2) is 6.61 Å². The largest absolute Gasteiger partial charge is 0.507 e. The van der Waals surface area contributed by atoms with Gasteiger partial charge in [0.25, 0.3) is 5.91 Å². The standard InChI is InChI=1S/C18H20N2O3/c1-12-7-6-8-13(2)18(12)23-11-17(22)20-19-14(3)15-9-4-5-10-16(15)21/h4-10,21H,11H2,1-3H3,(H,20,22)/b19-14-. The van der Waals surface area contributed by atoms with Crippen molar-refractivity contribution in [3.05, 3.63) is 59.2 Å². The highest BCUT2D eigenvalue weighted by molar-refractivity contribution is 6.01. The predicted octanol–water partition coefficient (Wildman–Crippen LogP) is 2.93. The van der Waals surface area contributed by atoms with E-state index in [1.54, 1.807) is 31.2 Å². The fraction of sp³-hybridized carbons (Fsp3) is 0.222. The number of hydrazone groups is 1. The molecule has 0 radical (unpaired) electrons. The molecule has 0 saturated heterocycles. The van der Waals surface area contributed by atoms with Gasteiger partial charge in [0.1, 0.15) is 11.5 Å². The molecule has 0 aliphatic carbocycles. The van der Waals surface area contributed by atoms with Gasteiger partial charge < -0.3 is 9.84 Å². The molecular formula is C18H20N2O3. The van der Waals surface area contributed by atoms with Crippen LogP contribution in [-0.2, 0) is 4.79 Å². The first-order valence-electron chi connectivity index (χ1n) is 7.29. The molecule has 5 heteroatoms. The average Bonchev–Trinajstić information content (AvgIpc) is 2.52. The topological polar surface area (TPSA) is 70.9 Å². The third-order valence-corrected chi connectivity index (χ3v) is 3.40. The third-order valence-electron chi connectivity index (χ3n) is 3.40. The van der Waals surface area contributed by atoms with Crippen molar-refractivity contribution < 1.29 is 14.6 Å². The Kier molecular flexibility index (Phi) is 5.36. The fourth-order valence-electron chi connectivity index (χ4n) is 2.18. The first kappa shape index (κ1) is 16.5. The van der Waals surface area contributed by atoms with Crippen LogP contribution in [0.4, 0.5) is 0 Å². The number of nitrogens with zero attached hydrogens (tertiary/aromatic N) is 1. The van der Waals surface area contributed by atoms with Crippen LogP contribution >= 0.6 is 0 Å². The molecule has 2 aromatic rings. The number of phenols is 1. The van der Waals surface area contributed by atoms with Gasteiger partial charge >= 0.3 is 0 Å². The summed E-state index contributed by atoms with van der Waals surface area (Å²) in [5.74, 6) is 0.473. The highest BCUT2D eigenvalue weighted by Gasteiger charge is 2.08. The molecule has 0 unspecified atom stereocenters. The summed E-state index contributed by atoms with van der Waals surface area (Å²) in [7, 11) is 0. The first-order chi connectivity index (χ1) is 11.0. The SMILES string of the molecule is C/C(=N/NC(=O)COc1c(C)cccc1C)c1ccccc1O. The number of rotatable bonds is 5. The van der Waals surface area contributed by atoms with Crippen molar-refractivity contribution in [3.8, 4) is 11.5 Å². The van der Waals surface area contributed by atoms with Crippen LogP contribution < -0.4 is 10.2 Å². The van der Waals surface area contributed by atoms with Crippen LogP contribution in [0.3, 0.4) is 0 Å². The fourth-order valence-corrected chi connectivity index (χ4v) is 2.18. The zero-order valence-corrected chi connectivity index (χ0v) is 13.5. The molecule has 0 fully saturated rings. The van der Waals surface area contributed by atoms with E-state index in [0.717, 1.165) is 11.1 Å². The second-order valence-electron chi connectivity index (χ2n) is 5.26. The second kappa shape index (κ2) is 7.45. The van der Waals surface area contributed by atoms with Gasteiger partial charge in [-0.05, 0) is 44.0 Å². The van der Waals surface area contributed by atoms with E-state index in [1.807, 2.05) is 32.0 Å². The Labute approximate surface area is 135 Å². The van der Waals surface area contributed by atoms with Gasteiger partial charge in [-0.3, -0.25) is 4.79 Å². The van der Waals surface area contributed by atoms with E-state index in [4.69, 9.17) is 4.74 Å². The Balaban J connectivity index is 1.95. The molecule has 0 aliphatic heterocycles.